The Bertz CT molecular complexity index is 975. The van der Waals surface area contributed by atoms with E-state index >= 15 is 0 Å². The number of rotatable bonds is 8. The summed E-state index contributed by atoms with van der Waals surface area (Å²) in [6.45, 7) is 6.38. The number of ether oxygens (including phenoxy) is 1. The molecule has 0 aromatic heterocycles. The third-order valence-corrected chi connectivity index (χ3v) is 4.60. The molecule has 0 saturated heterocycles. The second kappa shape index (κ2) is 11.9. The maximum Gasteiger partial charge on any atom is 0.416 e. The molecule has 0 atom stereocenters. The van der Waals surface area contributed by atoms with Crippen LogP contribution in [-0.4, -0.2) is 21.5 Å². The molecule has 0 heterocycles. The van der Waals surface area contributed by atoms with Crippen LogP contribution < -0.4 is 10.5 Å². The Morgan fingerprint density at radius 3 is 2.27 bits per heavy atom. The third kappa shape index (κ3) is 9.67. The molecule has 0 amide bonds. The molecule has 7 nitrogen and oxygen atoms in total. The van der Waals surface area contributed by atoms with Crippen molar-refractivity contribution < 1.29 is 32.7 Å². The van der Waals surface area contributed by atoms with Gasteiger partial charge in [-0.15, -0.1) is 0 Å². The molecule has 182 valence electrons. The lowest BCUT2D eigenvalue weighted by atomic mass is 9.98. The van der Waals surface area contributed by atoms with E-state index in [1.807, 2.05) is 0 Å². The summed E-state index contributed by atoms with van der Waals surface area (Å²) in [6.07, 6.45) is 0.462. The maximum atomic E-state index is 12.6. The number of aromatic carboxylic acids is 1. The molecule has 2 aromatic carbocycles. The predicted molar refractivity (Wildman–Crippen MR) is 119 cm³/mol. The van der Waals surface area contributed by atoms with Crippen molar-refractivity contribution >= 4 is 23.3 Å². The quantitative estimate of drug-likeness (QED) is 0.232. The lowest BCUT2D eigenvalue weighted by Gasteiger charge is -2.17. The zero-order valence-corrected chi connectivity index (χ0v) is 19.2. The van der Waals surface area contributed by atoms with Crippen molar-refractivity contribution in [3.63, 3.8) is 0 Å². The molecule has 0 aliphatic carbocycles. The second-order valence-corrected chi connectivity index (χ2v) is 8.34. The van der Waals surface area contributed by atoms with E-state index in [4.69, 9.17) is 27.2 Å². The highest BCUT2D eigenvalue weighted by molar-refractivity contribution is 6.32. The number of unbranched alkanes of at least 4 members (excludes halogenated alkanes) is 2. The van der Waals surface area contributed by atoms with Crippen LogP contribution in [0.5, 0.6) is 11.5 Å². The fourth-order valence-electron chi connectivity index (χ4n) is 2.63. The van der Waals surface area contributed by atoms with Crippen LogP contribution in [-0.2, 0) is 6.18 Å². The van der Waals surface area contributed by atoms with E-state index in [1.54, 1.807) is 0 Å². The van der Waals surface area contributed by atoms with Crippen molar-refractivity contribution in [2.24, 2.45) is 5.73 Å². The summed E-state index contributed by atoms with van der Waals surface area (Å²) < 4.78 is 42.9. The van der Waals surface area contributed by atoms with E-state index < -0.39 is 33.9 Å². The first kappa shape index (κ1) is 28.2. The molecule has 3 N–H and O–H groups in total. The second-order valence-electron chi connectivity index (χ2n) is 7.93. The van der Waals surface area contributed by atoms with Crippen molar-refractivity contribution in [3.8, 4) is 11.5 Å². The van der Waals surface area contributed by atoms with Crippen LogP contribution in [0.25, 0.3) is 0 Å². The van der Waals surface area contributed by atoms with Gasteiger partial charge in [0.15, 0.2) is 0 Å². The highest BCUT2D eigenvalue weighted by atomic mass is 35.5. The average Bonchev–Trinajstić information content (AvgIpc) is 2.68. The average molecular weight is 491 g/mol. The van der Waals surface area contributed by atoms with Crippen molar-refractivity contribution in [2.75, 3.05) is 0 Å². The number of carboxylic acids is 1. The fraction of sp³-hybridized carbons (Fsp3) is 0.409. The molecule has 2 aromatic rings. The molecule has 0 bridgehead atoms. The lowest BCUT2D eigenvalue weighted by molar-refractivity contribution is -0.385. The zero-order chi connectivity index (χ0) is 25.4. The molecule has 0 radical (unpaired) electrons. The summed E-state index contributed by atoms with van der Waals surface area (Å²) in [5.41, 5.74) is 3.58. The summed E-state index contributed by atoms with van der Waals surface area (Å²) in [5.74, 6) is -1.83. The van der Waals surface area contributed by atoms with Gasteiger partial charge in [0.2, 0.25) is 0 Å². The third-order valence-electron chi connectivity index (χ3n) is 4.31. The van der Waals surface area contributed by atoms with Gasteiger partial charge in [-0.2, -0.15) is 13.2 Å². The molecule has 33 heavy (non-hydrogen) atoms. The minimum Gasteiger partial charge on any atom is -0.477 e. The Morgan fingerprint density at radius 1 is 1.18 bits per heavy atom. The molecule has 0 aliphatic rings. The van der Waals surface area contributed by atoms with Crippen molar-refractivity contribution in [3.05, 3.63) is 62.7 Å². The maximum absolute atomic E-state index is 12.6. The first-order chi connectivity index (χ1) is 15.2. The van der Waals surface area contributed by atoms with Crippen LogP contribution in [0, 0.1) is 10.1 Å². The van der Waals surface area contributed by atoms with Gasteiger partial charge in [-0.1, -0.05) is 37.8 Å². The Labute approximate surface area is 194 Å². The minimum atomic E-state index is -4.58. The van der Waals surface area contributed by atoms with Gasteiger partial charge in [-0.3, -0.25) is 10.1 Å². The summed E-state index contributed by atoms with van der Waals surface area (Å²) in [5, 5.41) is 19.4. The Morgan fingerprint density at radius 2 is 1.82 bits per heavy atom. The Balaban J connectivity index is 0.000000513. The van der Waals surface area contributed by atoms with Crippen LogP contribution in [0.2, 0.25) is 5.02 Å². The zero-order valence-electron chi connectivity index (χ0n) is 18.4. The molecular weight excluding hydrogens is 465 g/mol. The number of benzene rings is 2. The van der Waals surface area contributed by atoms with Gasteiger partial charge in [0.1, 0.15) is 17.1 Å². The number of nitrogens with two attached hydrogens (primary N) is 1. The minimum absolute atomic E-state index is 0.0508. The van der Waals surface area contributed by atoms with Gasteiger partial charge in [0.25, 0.3) is 5.69 Å². The van der Waals surface area contributed by atoms with Crippen LogP contribution in [0.4, 0.5) is 18.9 Å². The number of carbonyl (C=O) groups is 1. The van der Waals surface area contributed by atoms with Gasteiger partial charge in [0, 0.05) is 17.7 Å². The van der Waals surface area contributed by atoms with Crippen molar-refractivity contribution in [1.82, 2.24) is 0 Å². The fourth-order valence-corrected chi connectivity index (χ4v) is 2.85. The Hall–Kier alpha value is -2.85. The number of nitro groups is 1. The van der Waals surface area contributed by atoms with E-state index in [2.05, 4.69) is 20.8 Å². The van der Waals surface area contributed by atoms with E-state index in [0.29, 0.717) is 6.07 Å². The largest absolute Gasteiger partial charge is 0.477 e. The van der Waals surface area contributed by atoms with Gasteiger partial charge in [0.05, 0.1) is 15.5 Å². The van der Waals surface area contributed by atoms with Crippen LogP contribution in [0.15, 0.2) is 36.4 Å². The molecule has 0 aliphatic heterocycles. The van der Waals surface area contributed by atoms with E-state index in [0.717, 1.165) is 36.8 Å². The summed E-state index contributed by atoms with van der Waals surface area (Å²) in [4.78, 5) is 20.9. The van der Waals surface area contributed by atoms with E-state index in [9.17, 15) is 28.1 Å². The standard InChI is InChI=1S/C14H7ClF3NO5.C8H19N/c15-10-5-7(14(16,17)18)1-4-12(10)24-8-2-3-11(19(22)23)9(6-8)13(20)21;1-4-5-6-7-8(2,3)9/h1-6H,(H,20,21);4-7,9H2,1-3H3. The molecule has 2 rings (SSSR count). The van der Waals surface area contributed by atoms with E-state index in [1.165, 1.54) is 19.3 Å². The number of hydrogen-bond acceptors (Lipinski definition) is 5. The summed E-state index contributed by atoms with van der Waals surface area (Å²) in [6, 6.07) is 5.27. The monoisotopic (exact) mass is 490 g/mol. The highest BCUT2D eigenvalue weighted by Gasteiger charge is 2.31. The van der Waals surface area contributed by atoms with Crippen LogP contribution in [0.1, 0.15) is 62.4 Å². The number of nitrogens with zero attached hydrogens (tertiary/aromatic N) is 1. The molecule has 0 saturated carbocycles. The smallest absolute Gasteiger partial charge is 0.416 e. The molecular formula is C22H26ClF3N2O5. The first-order valence-corrected chi connectivity index (χ1v) is 10.4. The molecule has 11 heteroatoms. The SMILES string of the molecule is CCCCCC(C)(C)N.O=C(O)c1cc(Oc2ccc(C(F)(F)F)cc2Cl)ccc1[N+](=O)[O-]. The van der Waals surface area contributed by atoms with Crippen LogP contribution in [0.3, 0.4) is 0 Å². The Kier molecular flexibility index (Phi) is 10.1. The number of hydrogen-bond donors (Lipinski definition) is 2. The molecule has 0 unspecified atom stereocenters. The highest BCUT2D eigenvalue weighted by Crippen LogP contribution is 2.37. The predicted octanol–water partition coefficient (Wildman–Crippen LogP) is 7.06. The number of halogens is 4. The van der Waals surface area contributed by atoms with E-state index in [-0.39, 0.29) is 22.1 Å². The van der Waals surface area contributed by atoms with Gasteiger partial charge in [-0.05, 0) is 44.5 Å². The summed E-state index contributed by atoms with van der Waals surface area (Å²) in [7, 11) is 0. The number of carboxylic acid groups (broad SMARTS) is 1. The first-order valence-electron chi connectivity index (χ1n) is 10.0. The van der Waals surface area contributed by atoms with Crippen molar-refractivity contribution in [2.45, 2.75) is 58.2 Å². The number of nitro benzene ring substituents is 1. The lowest BCUT2D eigenvalue weighted by Crippen LogP contribution is -2.31. The van der Waals surface area contributed by atoms with Gasteiger partial charge >= 0.3 is 12.1 Å². The molecule has 0 spiro atoms. The van der Waals surface area contributed by atoms with Crippen LogP contribution >= 0.6 is 11.6 Å². The van der Waals surface area contributed by atoms with Crippen molar-refractivity contribution in [1.29, 1.82) is 0 Å². The summed E-state index contributed by atoms with van der Waals surface area (Å²) >= 11 is 5.72. The van der Waals surface area contributed by atoms with Gasteiger partial charge < -0.3 is 15.6 Å². The normalized spacial score (nSPS) is 11.4. The van der Waals surface area contributed by atoms with Gasteiger partial charge in [-0.25, -0.2) is 4.79 Å². The number of alkyl halides is 3. The molecule has 0 fully saturated rings. The topological polar surface area (TPSA) is 116 Å².